The van der Waals surface area contributed by atoms with Crippen LogP contribution in [0.4, 0.5) is 0 Å². The zero-order chi connectivity index (χ0) is 14.1. The SMILES string of the molecule is OCc1ccc2c(ccn2Cc2ccc(Br)cc2Cl)c1. The number of aromatic nitrogens is 1. The molecule has 0 saturated heterocycles. The summed E-state index contributed by atoms with van der Waals surface area (Å²) < 4.78 is 3.14. The van der Waals surface area contributed by atoms with E-state index in [1.807, 2.05) is 42.6 Å². The number of aliphatic hydroxyl groups is 1. The van der Waals surface area contributed by atoms with E-state index in [0.29, 0.717) is 0 Å². The van der Waals surface area contributed by atoms with Crippen molar-refractivity contribution in [3.8, 4) is 0 Å². The predicted molar refractivity (Wildman–Crippen MR) is 86.1 cm³/mol. The maximum Gasteiger partial charge on any atom is 0.0682 e. The molecule has 1 heterocycles. The second-order valence-corrected chi connectivity index (χ2v) is 6.05. The molecule has 2 aromatic carbocycles. The summed E-state index contributed by atoms with van der Waals surface area (Å²) in [5, 5.41) is 11.1. The van der Waals surface area contributed by atoms with Gasteiger partial charge in [0.25, 0.3) is 0 Å². The minimum absolute atomic E-state index is 0.0691. The standard InChI is InChI=1S/C16H13BrClNO/c17-14-3-2-13(15(18)8-14)9-19-6-5-12-7-11(10-20)1-4-16(12)19/h1-8,20H,9-10H2. The highest BCUT2D eigenvalue weighted by Crippen LogP contribution is 2.24. The highest BCUT2D eigenvalue weighted by molar-refractivity contribution is 9.10. The van der Waals surface area contributed by atoms with Gasteiger partial charge in [0.2, 0.25) is 0 Å². The Labute approximate surface area is 130 Å². The van der Waals surface area contributed by atoms with E-state index in [1.54, 1.807) is 0 Å². The van der Waals surface area contributed by atoms with E-state index in [0.717, 1.165) is 38.1 Å². The highest BCUT2D eigenvalue weighted by atomic mass is 79.9. The minimum atomic E-state index is 0.0691. The molecule has 1 N–H and O–H groups in total. The zero-order valence-corrected chi connectivity index (χ0v) is 13.0. The lowest BCUT2D eigenvalue weighted by atomic mass is 10.1. The number of rotatable bonds is 3. The van der Waals surface area contributed by atoms with Crippen LogP contribution in [-0.2, 0) is 13.2 Å². The van der Waals surface area contributed by atoms with E-state index in [4.69, 9.17) is 11.6 Å². The van der Waals surface area contributed by atoms with Crippen molar-refractivity contribution in [2.75, 3.05) is 0 Å². The van der Waals surface area contributed by atoms with E-state index in [-0.39, 0.29) is 6.61 Å². The Bertz CT molecular complexity index is 766. The van der Waals surface area contributed by atoms with Crippen LogP contribution in [0.2, 0.25) is 5.02 Å². The summed E-state index contributed by atoms with van der Waals surface area (Å²) in [6.45, 7) is 0.799. The first-order valence-electron chi connectivity index (χ1n) is 6.30. The molecule has 0 radical (unpaired) electrons. The molecule has 4 heteroatoms. The van der Waals surface area contributed by atoms with E-state index in [9.17, 15) is 5.11 Å². The Hall–Kier alpha value is -1.29. The summed E-state index contributed by atoms with van der Waals surface area (Å²) in [4.78, 5) is 0. The Morgan fingerprint density at radius 1 is 1.10 bits per heavy atom. The van der Waals surface area contributed by atoms with Crippen molar-refractivity contribution >= 4 is 38.4 Å². The molecular formula is C16H13BrClNO. The molecule has 102 valence electrons. The first-order chi connectivity index (χ1) is 9.67. The van der Waals surface area contributed by atoms with Crippen molar-refractivity contribution in [1.29, 1.82) is 0 Å². The molecule has 0 aliphatic heterocycles. The Kier molecular flexibility index (Phi) is 3.83. The third-order valence-corrected chi connectivity index (χ3v) is 4.22. The molecule has 0 atom stereocenters. The van der Waals surface area contributed by atoms with Crippen molar-refractivity contribution < 1.29 is 5.11 Å². The maximum atomic E-state index is 9.17. The van der Waals surface area contributed by atoms with Crippen molar-refractivity contribution in [1.82, 2.24) is 4.57 Å². The van der Waals surface area contributed by atoms with Crippen molar-refractivity contribution in [3.63, 3.8) is 0 Å². The molecule has 0 aliphatic carbocycles. The predicted octanol–water partition coefficient (Wildman–Crippen LogP) is 4.60. The van der Waals surface area contributed by atoms with Gasteiger partial charge in [0.1, 0.15) is 0 Å². The molecule has 2 nitrogen and oxygen atoms in total. The molecule has 3 rings (SSSR count). The van der Waals surface area contributed by atoms with Gasteiger partial charge >= 0.3 is 0 Å². The molecule has 20 heavy (non-hydrogen) atoms. The van der Waals surface area contributed by atoms with Gasteiger partial charge in [0.15, 0.2) is 0 Å². The number of halogens is 2. The number of nitrogens with zero attached hydrogens (tertiary/aromatic N) is 1. The van der Waals surface area contributed by atoms with Gasteiger partial charge in [-0.15, -0.1) is 0 Å². The van der Waals surface area contributed by atoms with Gasteiger partial charge in [0.05, 0.1) is 6.61 Å². The van der Waals surface area contributed by atoms with Gasteiger partial charge in [-0.3, -0.25) is 0 Å². The maximum absolute atomic E-state index is 9.17. The average molecular weight is 351 g/mol. The van der Waals surface area contributed by atoms with E-state index in [2.05, 4.69) is 26.6 Å². The molecule has 0 unspecified atom stereocenters. The second kappa shape index (κ2) is 5.60. The van der Waals surface area contributed by atoms with Gasteiger partial charge in [-0.1, -0.05) is 39.7 Å². The first-order valence-corrected chi connectivity index (χ1v) is 7.47. The van der Waals surface area contributed by atoms with Crippen LogP contribution >= 0.6 is 27.5 Å². The largest absolute Gasteiger partial charge is 0.392 e. The second-order valence-electron chi connectivity index (χ2n) is 4.73. The molecular weight excluding hydrogens is 338 g/mol. The Morgan fingerprint density at radius 2 is 1.95 bits per heavy atom. The van der Waals surface area contributed by atoms with Crippen molar-refractivity contribution in [2.24, 2.45) is 0 Å². The van der Waals surface area contributed by atoms with Crippen molar-refractivity contribution in [2.45, 2.75) is 13.2 Å². The van der Waals surface area contributed by atoms with Gasteiger partial charge in [0, 0.05) is 27.8 Å². The van der Waals surface area contributed by atoms with Crippen LogP contribution in [0.5, 0.6) is 0 Å². The van der Waals surface area contributed by atoms with Crippen LogP contribution in [0.25, 0.3) is 10.9 Å². The third-order valence-electron chi connectivity index (χ3n) is 3.37. The summed E-state index contributed by atoms with van der Waals surface area (Å²) in [6.07, 6.45) is 2.05. The lowest BCUT2D eigenvalue weighted by Gasteiger charge is -2.08. The average Bonchev–Trinajstić information content (AvgIpc) is 2.84. The molecule has 1 aromatic heterocycles. The van der Waals surface area contributed by atoms with Crippen LogP contribution in [-0.4, -0.2) is 9.67 Å². The molecule has 0 saturated carbocycles. The summed E-state index contributed by atoms with van der Waals surface area (Å²) in [5.74, 6) is 0. The van der Waals surface area contributed by atoms with Crippen LogP contribution in [0.3, 0.4) is 0 Å². The fraction of sp³-hybridized carbons (Fsp3) is 0.125. The molecule has 0 spiro atoms. The number of hydrogen-bond acceptors (Lipinski definition) is 1. The topological polar surface area (TPSA) is 25.2 Å². The summed E-state index contributed by atoms with van der Waals surface area (Å²) in [7, 11) is 0. The van der Waals surface area contributed by atoms with Crippen LogP contribution in [0, 0.1) is 0 Å². The summed E-state index contributed by atoms with van der Waals surface area (Å²) in [5.41, 5.74) is 3.15. The van der Waals surface area contributed by atoms with Crippen LogP contribution in [0.15, 0.2) is 53.1 Å². The molecule has 0 bridgehead atoms. The lowest BCUT2D eigenvalue weighted by molar-refractivity contribution is 0.282. The highest BCUT2D eigenvalue weighted by Gasteiger charge is 2.06. The zero-order valence-electron chi connectivity index (χ0n) is 10.7. The van der Waals surface area contributed by atoms with Gasteiger partial charge in [-0.2, -0.15) is 0 Å². The Morgan fingerprint density at radius 3 is 2.70 bits per heavy atom. The van der Waals surface area contributed by atoms with Gasteiger partial charge in [-0.25, -0.2) is 0 Å². The number of fused-ring (bicyclic) bond motifs is 1. The fourth-order valence-electron chi connectivity index (χ4n) is 2.32. The van der Waals surface area contributed by atoms with Crippen molar-refractivity contribution in [3.05, 3.63) is 69.3 Å². The van der Waals surface area contributed by atoms with Crippen LogP contribution < -0.4 is 0 Å². The smallest absolute Gasteiger partial charge is 0.0682 e. The molecule has 3 aromatic rings. The monoisotopic (exact) mass is 349 g/mol. The third kappa shape index (κ3) is 2.62. The van der Waals surface area contributed by atoms with E-state index >= 15 is 0 Å². The van der Waals surface area contributed by atoms with Gasteiger partial charge in [-0.05, 0) is 46.8 Å². The molecule has 0 amide bonds. The van der Waals surface area contributed by atoms with E-state index < -0.39 is 0 Å². The minimum Gasteiger partial charge on any atom is -0.392 e. The molecule has 0 aliphatic rings. The van der Waals surface area contributed by atoms with Crippen LogP contribution in [0.1, 0.15) is 11.1 Å². The normalized spacial score (nSPS) is 11.2. The molecule has 0 fully saturated rings. The summed E-state index contributed by atoms with van der Waals surface area (Å²) >= 11 is 9.68. The number of aliphatic hydroxyl groups excluding tert-OH is 1. The fourth-order valence-corrected chi connectivity index (χ4v) is 3.05. The number of hydrogen-bond donors (Lipinski definition) is 1. The lowest BCUT2D eigenvalue weighted by Crippen LogP contribution is -1.98. The summed E-state index contributed by atoms with van der Waals surface area (Å²) in [6, 6.07) is 14.0. The van der Waals surface area contributed by atoms with Gasteiger partial charge < -0.3 is 9.67 Å². The van der Waals surface area contributed by atoms with E-state index in [1.165, 1.54) is 0 Å². The first kappa shape index (κ1) is 13.7. The number of benzene rings is 2. The Balaban J connectivity index is 1.98. The quantitative estimate of drug-likeness (QED) is 0.734.